The predicted octanol–water partition coefficient (Wildman–Crippen LogP) is 9.76. The Bertz CT molecular complexity index is 436. The third-order valence-corrected chi connectivity index (χ3v) is 6.26. The van der Waals surface area contributed by atoms with Crippen molar-refractivity contribution in [2.75, 3.05) is 0 Å². The van der Waals surface area contributed by atoms with Gasteiger partial charge in [0.15, 0.2) is 0 Å². The van der Waals surface area contributed by atoms with Crippen molar-refractivity contribution in [1.29, 1.82) is 0 Å². The van der Waals surface area contributed by atoms with Crippen LogP contribution in [-0.4, -0.2) is 5.11 Å². The van der Waals surface area contributed by atoms with E-state index in [0.29, 0.717) is 5.75 Å². The van der Waals surface area contributed by atoms with Crippen molar-refractivity contribution >= 4 is 0 Å². The van der Waals surface area contributed by atoms with E-state index in [2.05, 4.69) is 6.92 Å². The smallest absolute Gasteiger partial charge is 0.115 e. The van der Waals surface area contributed by atoms with Crippen LogP contribution < -0.4 is 0 Å². The fourth-order valence-electron chi connectivity index (χ4n) is 4.25. The molecule has 0 aliphatic carbocycles. The van der Waals surface area contributed by atoms with Gasteiger partial charge in [0.25, 0.3) is 0 Å². The molecule has 29 heavy (non-hydrogen) atoms. The van der Waals surface area contributed by atoms with Crippen molar-refractivity contribution in [2.24, 2.45) is 0 Å². The second-order valence-electron chi connectivity index (χ2n) is 9.13. The van der Waals surface area contributed by atoms with E-state index in [1.54, 1.807) is 12.1 Å². The van der Waals surface area contributed by atoms with Gasteiger partial charge in [-0.05, 0) is 30.5 Å². The Balaban J connectivity index is 1.69. The summed E-state index contributed by atoms with van der Waals surface area (Å²) in [6.45, 7) is 2.30. The fourth-order valence-corrected chi connectivity index (χ4v) is 4.25. The highest BCUT2D eigenvalue weighted by molar-refractivity contribution is 5.25. The predicted molar refractivity (Wildman–Crippen MR) is 130 cm³/mol. The Kier molecular flexibility index (Phi) is 18.2. The minimum absolute atomic E-state index is 0.372. The molecule has 0 aliphatic rings. The van der Waals surface area contributed by atoms with Crippen LogP contribution in [0.4, 0.5) is 0 Å². The van der Waals surface area contributed by atoms with Gasteiger partial charge in [0.1, 0.15) is 5.75 Å². The SMILES string of the molecule is CCCCCCCCCCCCCCCCCCCCCCc1ccc(O)cc1. The maximum absolute atomic E-state index is 9.30. The molecule has 0 saturated carbocycles. The Morgan fingerprint density at radius 3 is 1.10 bits per heavy atom. The number of phenolic OH excluding ortho intramolecular Hbond substituents is 1. The average Bonchev–Trinajstić information content (AvgIpc) is 2.73. The number of hydrogen-bond acceptors (Lipinski definition) is 1. The van der Waals surface area contributed by atoms with Gasteiger partial charge in [-0.3, -0.25) is 0 Å². The second-order valence-corrected chi connectivity index (χ2v) is 9.13. The Morgan fingerprint density at radius 1 is 0.448 bits per heavy atom. The molecule has 0 fully saturated rings. The molecular formula is C28H50O. The molecule has 1 aromatic carbocycles. The Hall–Kier alpha value is -0.980. The summed E-state index contributed by atoms with van der Waals surface area (Å²) in [7, 11) is 0. The van der Waals surface area contributed by atoms with Crippen molar-refractivity contribution in [3.63, 3.8) is 0 Å². The lowest BCUT2D eigenvalue weighted by molar-refractivity contribution is 0.475. The summed E-state index contributed by atoms with van der Waals surface area (Å²) >= 11 is 0. The molecule has 0 atom stereocenters. The lowest BCUT2D eigenvalue weighted by Gasteiger charge is -2.04. The molecule has 1 nitrogen and oxygen atoms in total. The molecular weight excluding hydrogens is 352 g/mol. The number of aryl methyl sites for hydroxylation is 1. The molecule has 0 saturated heterocycles. The molecule has 1 heteroatoms. The van der Waals surface area contributed by atoms with Crippen LogP contribution in [0.25, 0.3) is 0 Å². The largest absolute Gasteiger partial charge is 0.508 e. The fraction of sp³-hybridized carbons (Fsp3) is 0.786. The third kappa shape index (κ3) is 17.6. The maximum Gasteiger partial charge on any atom is 0.115 e. The van der Waals surface area contributed by atoms with Gasteiger partial charge < -0.3 is 5.11 Å². The minimum Gasteiger partial charge on any atom is -0.508 e. The first-order valence-electron chi connectivity index (χ1n) is 13.1. The number of phenols is 1. The Labute approximate surface area is 182 Å². The summed E-state index contributed by atoms with van der Waals surface area (Å²) in [5, 5.41) is 9.30. The van der Waals surface area contributed by atoms with E-state index in [1.807, 2.05) is 12.1 Å². The Morgan fingerprint density at radius 2 is 0.759 bits per heavy atom. The number of aromatic hydroxyl groups is 1. The van der Waals surface area contributed by atoms with Crippen molar-refractivity contribution < 1.29 is 5.11 Å². The molecule has 0 radical (unpaired) electrons. The maximum atomic E-state index is 9.30. The van der Waals surface area contributed by atoms with E-state index < -0.39 is 0 Å². The van der Waals surface area contributed by atoms with Crippen molar-refractivity contribution in [1.82, 2.24) is 0 Å². The van der Waals surface area contributed by atoms with Crippen molar-refractivity contribution in [2.45, 2.75) is 142 Å². The van der Waals surface area contributed by atoms with Crippen molar-refractivity contribution in [3.8, 4) is 5.75 Å². The monoisotopic (exact) mass is 402 g/mol. The van der Waals surface area contributed by atoms with Gasteiger partial charge in [-0.1, -0.05) is 141 Å². The molecule has 168 valence electrons. The molecule has 0 bridgehead atoms. The third-order valence-electron chi connectivity index (χ3n) is 6.26. The quantitative estimate of drug-likeness (QED) is 0.203. The lowest BCUT2D eigenvalue weighted by atomic mass is 10.0. The first-order valence-corrected chi connectivity index (χ1v) is 13.1. The first kappa shape index (κ1) is 26.1. The van der Waals surface area contributed by atoms with Gasteiger partial charge in [-0.15, -0.1) is 0 Å². The van der Waals surface area contributed by atoms with Crippen molar-refractivity contribution in [3.05, 3.63) is 29.8 Å². The molecule has 0 heterocycles. The van der Waals surface area contributed by atoms with Gasteiger partial charge in [0, 0.05) is 0 Å². The van der Waals surface area contributed by atoms with Gasteiger partial charge in [-0.25, -0.2) is 0 Å². The van der Waals surface area contributed by atoms with Crippen LogP contribution in [0.5, 0.6) is 5.75 Å². The van der Waals surface area contributed by atoms with E-state index >= 15 is 0 Å². The number of unbranched alkanes of at least 4 members (excludes halogenated alkanes) is 19. The summed E-state index contributed by atoms with van der Waals surface area (Å²) in [5.41, 5.74) is 1.35. The molecule has 1 N–H and O–H groups in total. The zero-order chi connectivity index (χ0) is 20.8. The molecule has 0 aliphatic heterocycles. The molecule has 0 amide bonds. The zero-order valence-corrected chi connectivity index (χ0v) is 19.6. The summed E-state index contributed by atoms with van der Waals surface area (Å²) in [5.74, 6) is 0.372. The minimum atomic E-state index is 0.372. The van der Waals surface area contributed by atoms with Crippen LogP contribution in [0.2, 0.25) is 0 Å². The van der Waals surface area contributed by atoms with E-state index in [-0.39, 0.29) is 0 Å². The normalized spacial score (nSPS) is 11.2. The summed E-state index contributed by atoms with van der Waals surface area (Å²) < 4.78 is 0. The summed E-state index contributed by atoms with van der Waals surface area (Å²) in [6.07, 6.45) is 29.8. The van der Waals surface area contributed by atoms with Gasteiger partial charge in [0.05, 0.1) is 0 Å². The summed E-state index contributed by atoms with van der Waals surface area (Å²) in [4.78, 5) is 0. The standard InChI is InChI=1S/C28H50O/c1-2-3-4-5-6-7-8-9-10-11-12-13-14-15-16-17-18-19-20-21-22-27-23-25-28(29)26-24-27/h23-26,29H,2-22H2,1H3. The van der Waals surface area contributed by atoms with Gasteiger partial charge >= 0.3 is 0 Å². The van der Waals surface area contributed by atoms with E-state index in [9.17, 15) is 5.11 Å². The average molecular weight is 403 g/mol. The van der Waals surface area contributed by atoms with E-state index in [4.69, 9.17) is 0 Å². The molecule has 0 unspecified atom stereocenters. The van der Waals surface area contributed by atoms with Crippen LogP contribution in [0.1, 0.15) is 141 Å². The van der Waals surface area contributed by atoms with Crippen LogP contribution in [0.15, 0.2) is 24.3 Å². The van der Waals surface area contributed by atoms with Crippen LogP contribution in [0.3, 0.4) is 0 Å². The van der Waals surface area contributed by atoms with E-state index in [0.717, 1.165) is 6.42 Å². The molecule has 0 aromatic heterocycles. The second kappa shape index (κ2) is 20.3. The number of benzene rings is 1. The van der Waals surface area contributed by atoms with E-state index in [1.165, 1.54) is 134 Å². The van der Waals surface area contributed by atoms with Crippen LogP contribution in [0, 0.1) is 0 Å². The summed E-state index contributed by atoms with van der Waals surface area (Å²) in [6, 6.07) is 7.69. The number of hydrogen-bond donors (Lipinski definition) is 1. The van der Waals surface area contributed by atoms with Gasteiger partial charge in [-0.2, -0.15) is 0 Å². The zero-order valence-electron chi connectivity index (χ0n) is 19.6. The first-order chi connectivity index (χ1) is 14.3. The highest BCUT2D eigenvalue weighted by atomic mass is 16.3. The van der Waals surface area contributed by atoms with Crippen LogP contribution in [-0.2, 0) is 6.42 Å². The molecule has 1 rings (SSSR count). The molecule has 1 aromatic rings. The topological polar surface area (TPSA) is 20.2 Å². The van der Waals surface area contributed by atoms with Crippen LogP contribution >= 0.6 is 0 Å². The lowest BCUT2D eigenvalue weighted by Crippen LogP contribution is -1.86. The van der Waals surface area contributed by atoms with Gasteiger partial charge in [0.2, 0.25) is 0 Å². The highest BCUT2D eigenvalue weighted by Gasteiger charge is 1.97. The highest BCUT2D eigenvalue weighted by Crippen LogP contribution is 2.16. The molecule has 0 spiro atoms. The number of rotatable bonds is 21.